The second-order valence-electron chi connectivity index (χ2n) is 6.39. The summed E-state index contributed by atoms with van der Waals surface area (Å²) in [6.07, 6.45) is 0. The first kappa shape index (κ1) is 25.0. The maximum absolute atomic E-state index is 12.1. The van der Waals surface area contributed by atoms with E-state index in [2.05, 4.69) is 5.32 Å². The van der Waals surface area contributed by atoms with Gasteiger partial charge in [0, 0.05) is 50.9 Å². The van der Waals surface area contributed by atoms with Gasteiger partial charge < -0.3 is 31.8 Å². The first-order chi connectivity index (χ1) is 14.3. The molecule has 0 fully saturated rings. The third-order valence-electron chi connectivity index (χ3n) is 4.62. The molecule has 2 aliphatic rings. The number of benzene rings is 2. The molecule has 0 bridgehead atoms. The Hall–Kier alpha value is -3.24. The topological polar surface area (TPSA) is 138 Å². The van der Waals surface area contributed by atoms with Gasteiger partial charge in [0.25, 0.3) is 11.8 Å². The SMILES string of the molecule is CN1C(=O)c2ccc(C(=O)OCOC(=O)c3ccc4c(c3)C(=O)[N-]C4=O)cc2C1=O.[CH3-].[Y]. The van der Waals surface area contributed by atoms with E-state index >= 15 is 0 Å². The Balaban J connectivity index is 0.00000181. The van der Waals surface area contributed by atoms with Crippen molar-refractivity contribution in [2.45, 2.75) is 0 Å². The molecule has 2 aromatic carbocycles. The van der Waals surface area contributed by atoms with Gasteiger partial charge in [0.2, 0.25) is 6.79 Å². The monoisotopic (exact) mass is 511 g/mol. The maximum atomic E-state index is 12.1. The van der Waals surface area contributed by atoms with E-state index < -0.39 is 42.4 Å². The van der Waals surface area contributed by atoms with Crippen molar-refractivity contribution >= 4 is 35.6 Å². The quantitative estimate of drug-likeness (QED) is 0.263. The average Bonchev–Trinajstić information content (AvgIpc) is 3.15. The fraction of sp³-hybridized carbons (Fsp3) is 0.0952. The number of ether oxygens (including phenoxy) is 2. The van der Waals surface area contributed by atoms with E-state index in [0.717, 1.165) is 4.90 Å². The van der Waals surface area contributed by atoms with Crippen molar-refractivity contribution in [2.75, 3.05) is 13.8 Å². The Bertz CT molecular complexity index is 1190. The molecule has 2 aliphatic heterocycles. The summed E-state index contributed by atoms with van der Waals surface area (Å²) in [7, 11) is 1.33. The van der Waals surface area contributed by atoms with Crippen LogP contribution in [0, 0.1) is 7.43 Å². The summed E-state index contributed by atoms with van der Waals surface area (Å²) in [5, 5.41) is 3.27. The molecule has 0 aromatic heterocycles. The van der Waals surface area contributed by atoms with Gasteiger partial charge >= 0.3 is 11.9 Å². The van der Waals surface area contributed by atoms with Gasteiger partial charge in [-0.1, -0.05) is 6.07 Å². The van der Waals surface area contributed by atoms with Gasteiger partial charge in [-0.3, -0.25) is 14.5 Å². The van der Waals surface area contributed by atoms with E-state index in [9.17, 15) is 28.8 Å². The van der Waals surface area contributed by atoms with Crippen LogP contribution < -0.4 is 0 Å². The van der Waals surface area contributed by atoms with Crippen molar-refractivity contribution < 1.29 is 71.0 Å². The molecule has 4 rings (SSSR count). The molecule has 11 heteroatoms. The number of fused-ring (bicyclic) bond motifs is 2. The summed E-state index contributed by atoms with van der Waals surface area (Å²) >= 11 is 0. The van der Waals surface area contributed by atoms with Crippen LogP contribution in [-0.2, 0) is 42.2 Å². The van der Waals surface area contributed by atoms with Gasteiger partial charge in [-0.15, -0.1) is 0 Å². The average molecular weight is 511 g/mol. The number of hydrogen-bond donors (Lipinski definition) is 0. The minimum Gasteiger partial charge on any atom is -0.587 e. The molecule has 2 heterocycles. The fourth-order valence-corrected chi connectivity index (χ4v) is 3.04. The number of rotatable bonds is 4. The molecule has 0 saturated carbocycles. The second-order valence-corrected chi connectivity index (χ2v) is 6.39. The Morgan fingerprint density at radius 3 is 1.84 bits per heavy atom. The van der Waals surface area contributed by atoms with Gasteiger partial charge in [0.05, 0.1) is 34.1 Å². The zero-order valence-electron chi connectivity index (χ0n) is 16.9. The van der Waals surface area contributed by atoms with Crippen molar-refractivity contribution in [3.8, 4) is 0 Å². The molecule has 1 radical (unpaired) electrons. The van der Waals surface area contributed by atoms with E-state index in [1.54, 1.807) is 0 Å². The van der Waals surface area contributed by atoms with Crippen LogP contribution in [0.1, 0.15) is 62.1 Å². The summed E-state index contributed by atoms with van der Waals surface area (Å²) in [5.74, 6) is -4.17. The van der Waals surface area contributed by atoms with Crippen LogP contribution in [0.3, 0.4) is 0 Å². The number of carbonyl (C=O) groups excluding carboxylic acids is 6. The summed E-state index contributed by atoms with van der Waals surface area (Å²) in [6, 6.07) is 7.64. The Kier molecular flexibility index (Phi) is 7.43. The Labute approximate surface area is 207 Å². The van der Waals surface area contributed by atoms with Crippen LogP contribution in [0.25, 0.3) is 5.32 Å². The van der Waals surface area contributed by atoms with E-state index in [1.165, 1.54) is 43.4 Å². The fourth-order valence-electron chi connectivity index (χ4n) is 3.04. The number of amides is 4. The molecule has 32 heavy (non-hydrogen) atoms. The summed E-state index contributed by atoms with van der Waals surface area (Å²) in [6.45, 7) is -0.726. The third kappa shape index (κ3) is 4.24. The number of imide groups is 2. The molecule has 0 saturated heterocycles. The molecule has 0 unspecified atom stereocenters. The van der Waals surface area contributed by atoms with Gasteiger partial charge in [-0.2, -0.15) is 0 Å². The summed E-state index contributed by atoms with van der Waals surface area (Å²) in [4.78, 5) is 72.1. The molecular formula is C21H14N2O8Y-2. The third-order valence-corrected chi connectivity index (χ3v) is 4.62. The van der Waals surface area contributed by atoms with E-state index in [4.69, 9.17) is 9.47 Å². The van der Waals surface area contributed by atoms with Gasteiger partial charge in [0.15, 0.2) is 0 Å². The first-order valence-corrected chi connectivity index (χ1v) is 8.53. The molecule has 4 amide bonds. The Morgan fingerprint density at radius 2 is 1.25 bits per heavy atom. The van der Waals surface area contributed by atoms with E-state index in [0.29, 0.717) is 0 Å². The second kappa shape index (κ2) is 9.50. The van der Waals surface area contributed by atoms with Crippen LogP contribution in [-0.4, -0.2) is 54.3 Å². The molecule has 0 aliphatic carbocycles. The van der Waals surface area contributed by atoms with Crippen LogP contribution in [0.15, 0.2) is 36.4 Å². The predicted molar refractivity (Wildman–Crippen MR) is 103 cm³/mol. The molecule has 10 nitrogen and oxygen atoms in total. The van der Waals surface area contributed by atoms with Gasteiger partial charge in [-0.25, -0.2) is 9.59 Å². The zero-order chi connectivity index (χ0) is 21.6. The van der Waals surface area contributed by atoms with Crippen LogP contribution >= 0.6 is 0 Å². The minimum atomic E-state index is -0.880. The number of esters is 2. The maximum Gasteiger partial charge on any atom is 0.341 e. The zero-order valence-corrected chi connectivity index (χ0v) is 19.7. The molecule has 2 aromatic rings. The molecule has 0 spiro atoms. The first-order valence-electron chi connectivity index (χ1n) is 8.53. The van der Waals surface area contributed by atoms with Crippen LogP contribution in [0.4, 0.5) is 0 Å². The van der Waals surface area contributed by atoms with Crippen LogP contribution in [0.5, 0.6) is 0 Å². The van der Waals surface area contributed by atoms with Crippen molar-refractivity contribution in [1.29, 1.82) is 0 Å². The van der Waals surface area contributed by atoms with Crippen molar-refractivity contribution in [3.63, 3.8) is 0 Å². The summed E-state index contributed by atoms with van der Waals surface area (Å²) in [5.41, 5.74) is 0.336. The summed E-state index contributed by atoms with van der Waals surface area (Å²) < 4.78 is 9.72. The van der Waals surface area contributed by atoms with Crippen molar-refractivity contribution in [1.82, 2.24) is 4.90 Å². The molecule has 161 valence electrons. The minimum absolute atomic E-state index is 0. The van der Waals surface area contributed by atoms with Crippen LogP contribution in [0.2, 0.25) is 0 Å². The van der Waals surface area contributed by atoms with Crippen molar-refractivity contribution in [3.05, 3.63) is 82.5 Å². The predicted octanol–water partition coefficient (Wildman–Crippen LogP) is 2.00. The number of carbonyl (C=O) groups is 6. The largest absolute Gasteiger partial charge is 0.587 e. The smallest absolute Gasteiger partial charge is 0.341 e. The van der Waals surface area contributed by atoms with Crippen molar-refractivity contribution in [2.24, 2.45) is 0 Å². The number of hydrogen-bond acceptors (Lipinski definition) is 8. The van der Waals surface area contributed by atoms with Gasteiger partial charge in [0.1, 0.15) is 0 Å². The van der Waals surface area contributed by atoms with Gasteiger partial charge in [-0.05, 0) is 30.3 Å². The van der Waals surface area contributed by atoms with E-state index in [1.807, 2.05) is 0 Å². The molecule has 0 N–H and O–H groups in total. The number of nitrogens with zero attached hydrogens (tertiary/aromatic N) is 2. The normalized spacial score (nSPS) is 13.5. The van der Waals surface area contributed by atoms with E-state index in [-0.39, 0.29) is 73.5 Å². The molecule has 0 atom stereocenters. The Morgan fingerprint density at radius 1 is 0.781 bits per heavy atom. The molecular weight excluding hydrogens is 497 g/mol. The standard InChI is InChI=1S/C20H12N2O8.CH3.Y/c1-22-17(25)12-5-3-10(7-14(12)18(22)26)20(28)30-8-29-19(27)9-2-4-11-13(6-9)16(24)21-15(11)23;;/h2-7H,8H2,1H3,(H,21,23,24);1H3;/q;-1;/p-1.